The number of likely N-dealkylation sites (N-methyl/N-ethyl adjacent to an activating group) is 2. The maximum Gasteiger partial charge on any atom is 0.226 e. The third-order valence-electron chi connectivity index (χ3n) is 5.30. The number of rotatable bonds is 5. The van der Waals surface area contributed by atoms with Crippen LogP contribution in [0.15, 0.2) is 30.3 Å². The van der Waals surface area contributed by atoms with Crippen LogP contribution in [0.5, 0.6) is 0 Å². The molecule has 1 N–H and O–H groups in total. The Morgan fingerprint density at radius 2 is 2.05 bits per heavy atom. The zero-order chi connectivity index (χ0) is 15.7. The minimum Gasteiger partial charge on any atom is -0.337 e. The average molecular weight is 301 g/mol. The predicted molar refractivity (Wildman–Crippen MR) is 88.5 cm³/mol. The molecule has 3 rings (SSSR count). The van der Waals surface area contributed by atoms with Gasteiger partial charge < -0.3 is 15.1 Å². The second-order valence-corrected chi connectivity index (χ2v) is 7.18. The van der Waals surface area contributed by atoms with Crippen molar-refractivity contribution in [1.29, 1.82) is 0 Å². The van der Waals surface area contributed by atoms with Crippen LogP contribution in [0, 0.1) is 11.3 Å². The second kappa shape index (κ2) is 6.01. The van der Waals surface area contributed by atoms with Gasteiger partial charge in [-0.25, -0.2) is 0 Å². The predicted octanol–water partition coefficient (Wildman–Crippen LogP) is 1.75. The molecular formula is C18H27N3O. The minimum atomic E-state index is 0.121. The largest absolute Gasteiger partial charge is 0.337 e. The fraction of sp³-hybridized carbons (Fsp3) is 0.611. The maximum atomic E-state index is 12.9. The number of hydrogen-bond acceptors (Lipinski definition) is 3. The van der Waals surface area contributed by atoms with E-state index in [1.54, 1.807) is 0 Å². The first-order chi connectivity index (χ1) is 10.5. The van der Waals surface area contributed by atoms with E-state index in [9.17, 15) is 4.79 Å². The Kier molecular flexibility index (Phi) is 4.24. The molecule has 1 aromatic rings. The van der Waals surface area contributed by atoms with Crippen LogP contribution >= 0.6 is 0 Å². The molecule has 1 spiro atoms. The van der Waals surface area contributed by atoms with Gasteiger partial charge in [0.25, 0.3) is 0 Å². The van der Waals surface area contributed by atoms with Gasteiger partial charge in [0.1, 0.15) is 0 Å². The molecule has 22 heavy (non-hydrogen) atoms. The number of nitrogens with one attached hydrogen (secondary N) is 1. The highest BCUT2D eigenvalue weighted by Crippen LogP contribution is 2.57. The molecule has 4 heteroatoms. The van der Waals surface area contributed by atoms with Crippen LogP contribution in [0.2, 0.25) is 0 Å². The minimum absolute atomic E-state index is 0.121. The molecule has 1 amide bonds. The van der Waals surface area contributed by atoms with E-state index >= 15 is 0 Å². The molecule has 2 aliphatic rings. The van der Waals surface area contributed by atoms with Gasteiger partial charge in [-0.05, 0) is 44.5 Å². The van der Waals surface area contributed by atoms with Gasteiger partial charge in [0.05, 0.1) is 6.04 Å². The molecule has 1 saturated carbocycles. The highest BCUT2D eigenvalue weighted by molar-refractivity contribution is 5.83. The molecule has 1 aliphatic heterocycles. The van der Waals surface area contributed by atoms with Gasteiger partial charge in [-0.1, -0.05) is 30.3 Å². The first kappa shape index (κ1) is 15.5. The third-order valence-corrected chi connectivity index (χ3v) is 5.30. The summed E-state index contributed by atoms with van der Waals surface area (Å²) >= 11 is 0. The van der Waals surface area contributed by atoms with Gasteiger partial charge in [0.15, 0.2) is 0 Å². The van der Waals surface area contributed by atoms with Crippen molar-refractivity contribution >= 4 is 5.91 Å². The Morgan fingerprint density at radius 3 is 2.64 bits per heavy atom. The Hall–Kier alpha value is -1.39. The van der Waals surface area contributed by atoms with Crippen molar-refractivity contribution in [2.24, 2.45) is 11.3 Å². The fourth-order valence-corrected chi connectivity index (χ4v) is 3.80. The Balaban J connectivity index is 1.74. The molecular weight excluding hydrogens is 274 g/mol. The monoisotopic (exact) mass is 301 g/mol. The highest BCUT2D eigenvalue weighted by atomic mass is 16.2. The first-order valence-electron chi connectivity index (χ1n) is 8.20. The number of benzene rings is 1. The van der Waals surface area contributed by atoms with Crippen molar-refractivity contribution in [3.05, 3.63) is 35.9 Å². The molecule has 2 fully saturated rings. The van der Waals surface area contributed by atoms with Crippen molar-refractivity contribution in [2.45, 2.75) is 18.9 Å². The summed E-state index contributed by atoms with van der Waals surface area (Å²) in [6.07, 6.45) is 2.22. The Labute approximate surface area is 133 Å². The Bertz CT molecular complexity index is 522. The summed E-state index contributed by atoms with van der Waals surface area (Å²) in [7, 11) is 6.10. The first-order valence-corrected chi connectivity index (χ1v) is 8.20. The van der Waals surface area contributed by atoms with Crippen molar-refractivity contribution in [3.8, 4) is 0 Å². The van der Waals surface area contributed by atoms with Gasteiger partial charge in [0.2, 0.25) is 5.91 Å². The average Bonchev–Trinajstić information content (AvgIpc) is 3.01. The molecule has 1 saturated heterocycles. The number of amides is 1. The van der Waals surface area contributed by atoms with Crippen molar-refractivity contribution in [1.82, 2.24) is 15.1 Å². The lowest BCUT2D eigenvalue weighted by Crippen LogP contribution is -2.38. The van der Waals surface area contributed by atoms with Crippen LogP contribution in [0.3, 0.4) is 0 Å². The third kappa shape index (κ3) is 2.90. The van der Waals surface area contributed by atoms with Crippen LogP contribution in [0.4, 0.5) is 0 Å². The molecule has 3 atom stereocenters. The molecule has 0 bridgehead atoms. The van der Waals surface area contributed by atoms with E-state index in [0.717, 1.165) is 32.5 Å². The summed E-state index contributed by atoms with van der Waals surface area (Å²) < 4.78 is 0. The van der Waals surface area contributed by atoms with Crippen LogP contribution in [0.25, 0.3) is 0 Å². The van der Waals surface area contributed by atoms with Crippen molar-refractivity contribution < 1.29 is 4.79 Å². The SMILES string of the molecule is CN(C)CC(c1ccccc1)N(C)C(=O)C1CC12CCNC2. The van der Waals surface area contributed by atoms with Crippen molar-refractivity contribution in [3.63, 3.8) is 0 Å². The lowest BCUT2D eigenvalue weighted by Gasteiger charge is -2.31. The van der Waals surface area contributed by atoms with Gasteiger partial charge >= 0.3 is 0 Å². The van der Waals surface area contributed by atoms with E-state index in [1.807, 2.05) is 18.0 Å². The topological polar surface area (TPSA) is 35.6 Å². The van der Waals surface area contributed by atoms with Crippen LogP contribution in [0.1, 0.15) is 24.4 Å². The normalized spacial score (nSPS) is 28.1. The van der Waals surface area contributed by atoms with Crippen molar-refractivity contribution in [2.75, 3.05) is 40.8 Å². The second-order valence-electron chi connectivity index (χ2n) is 7.18. The summed E-state index contributed by atoms with van der Waals surface area (Å²) in [6.45, 7) is 2.93. The summed E-state index contributed by atoms with van der Waals surface area (Å²) in [6, 6.07) is 10.5. The smallest absolute Gasteiger partial charge is 0.226 e. The number of carbonyl (C=O) groups excluding carboxylic acids is 1. The fourth-order valence-electron chi connectivity index (χ4n) is 3.80. The highest BCUT2D eigenvalue weighted by Gasteiger charge is 2.59. The Morgan fingerprint density at radius 1 is 1.32 bits per heavy atom. The standard InChI is InChI=1S/C18H27N3O/c1-20(2)12-16(14-7-5-4-6-8-14)21(3)17(22)15-11-18(15)9-10-19-13-18/h4-8,15-16,19H,9-13H2,1-3H3. The van der Waals surface area contributed by atoms with E-state index in [4.69, 9.17) is 0 Å². The molecule has 0 aromatic heterocycles. The lowest BCUT2D eigenvalue weighted by atomic mass is 10.0. The number of nitrogens with zero attached hydrogens (tertiary/aromatic N) is 2. The molecule has 1 heterocycles. The van der Waals surface area contributed by atoms with Crippen LogP contribution < -0.4 is 5.32 Å². The number of hydrogen-bond donors (Lipinski definition) is 1. The summed E-state index contributed by atoms with van der Waals surface area (Å²) in [5, 5.41) is 3.41. The molecule has 1 aromatic carbocycles. The van der Waals surface area contributed by atoms with E-state index in [0.29, 0.717) is 5.91 Å². The van der Waals surface area contributed by atoms with Crippen LogP contribution in [-0.4, -0.2) is 56.5 Å². The quantitative estimate of drug-likeness (QED) is 0.900. The molecule has 4 nitrogen and oxygen atoms in total. The summed E-state index contributed by atoms with van der Waals surface area (Å²) in [5.41, 5.74) is 1.48. The van der Waals surface area contributed by atoms with Gasteiger partial charge in [0, 0.05) is 26.1 Å². The zero-order valence-corrected chi connectivity index (χ0v) is 13.9. The molecule has 120 valence electrons. The summed E-state index contributed by atoms with van der Waals surface area (Å²) in [5.74, 6) is 0.542. The maximum absolute atomic E-state index is 12.9. The molecule has 3 unspecified atom stereocenters. The number of carbonyl (C=O) groups is 1. The summed E-state index contributed by atoms with van der Waals surface area (Å²) in [4.78, 5) is 17.1. The van der Waals surface area contributed by atoms with Gasteiger partial charge in [-0.2, -0.15) is 0 Å². The molecule has 1 aliphatic carbocycles. The zero-order valence-electron chi connectivity index (χ0n) is 13.9. The lowest BCUT2D eigenvalue weighted by molar-refractivity contribution is -0.134. The van der Waals surface area contributed by atoms with Crippen LogP contribution in [-0.2, 0) is 4.79 Å². The van der Waals surface area contributed by atoms with Gasteiger partial charge in [-0.15, -0.1) is 0 Å². The van der Waals surface area contributed by atoms with E-state index in [1.165, 1.54) is 5.56 Å². The van der Waals surface area contributed by atoms with E-state index in [-0.39, 0.29) is 17.4 Å². The van der Waals surface area contributed by atoms with E-state index < -0.39 is 0 Å². The van der Waals surface area contributed by atoms with E-state index in [2.05, 4.69) is 48.6 Å². The molecule has 0 radical (unpaired) electrons. The van der Waals surface area contributed by atoms with Gasteiger partial charge in [-0.3, -0.25) is 4.79 Å².